The fourth-order valence-corrected chi connectivity index (χ4v) is 34.9. The summed E-state index contributed by atoms with van der Waals surface area (Å²) in [6, 6.07) is 43.0. The predicted octanol–water partition coefficient (Wildman–Crippen LogP) is 9.85. The molecule has 0 N–H and O–H groups in total. The quantitative estimate of drug-likeness (QED) is 0.160. The Balaban J connectivity index is 0.00000316. The van der Waals surface area contributed by atoms with Crippen LogP contribution in [0.4, 0.5) is 0 Å². The van der Waals surface area contributed by atoms with Crippen molar-refractivity contribution in [1.29, 1.82) is 0 Å². The molecule has 0 aromatic heterocycles. The van der Waals surface area contributed by atoms with Crippen LogP contribution in [0.2, 0.25) is 4.63 Å². The molecule has 0 nitrogen and oxygen atoms in total. The molecule has 0 aliphatic heterocycles. The number of hydrogen-bond donors (Lipinski definition) is 0. The van der Waals surface area contributed by atoms with Crippen LogP contribution in [-0.4, -0.2) is 12.1 Å². The van der Waals surface area contributed by atoms with Crippen LogP contribution in [0.25, 0.3) is 32.7 Å². The number of halogens is 1. The van der Waals surface area contributed by atoms with E-state index in [1.807, 2.05) is 0 Å². The monoisotopic (exact) mass is 704 g/mol. The van der Waals surface area contributed by atoms with E-state index in [4.69, 9.17) is 0 Å². The van der Waals surface area contributed by atoms with Gasteiger partial charge in [-0.2, -0.15) is 0 Å². The summed E-state index contributed by atoms with van der Waals surface area (Å²) in [5.41, 5.74) is 8.78. The molecule has 0 saturated heterocycles. The summed E-state index contributed by atoms with van der Waals surface area (Å²) in [5, 5.41) is 5.38. The number of benzene rings is 5. The van der Waals surface area contributed by atoms with Crippen LogP contribution >= 0.6 is 12.4 Å². The molecule has 0 saturated carbocycles. The molecule has 0 bridgehead atoms. The van der Waals surface area contributed by atoms with Crippen molar-refractivity contribution in [2.75, 3.05) is 0 Å². The van der Waals surface area contributed by atoms with Crippen LogP contribution in [0.1, 0.15) is 37.8 Å². The first-order chi connectivity index (χ1) is 19.8. The molecule has 0 radical (unpaired) electrons. The van der Waals surface area contributed by atoms with E-state index >= 15 is 0 Å². The third-order valence-corrected chi connectivity index (χ3v) is 41.1. The maximum atomic E-state index is 2.76. The van der Waals surface area contributed by atoms with Gasteiger partial charge in [0.05, 0.1) is 0 Å². The molecule has 5 aromatic rings. The van der Waals surface area contributed by atoms with Gasteiger partial charge in [-0.3, -0.25) is 0 Å². The molecule has 5 aromatic carbocycles. The Labute approximate surface area is 261 Å². The second-order valence-corrected chi connectivity index (χ2v) is 48.6. The topological polar surface area (TPSA) is 0 Å². The first kappa shape index (κ1) is 29.4. The average molecular weight is 705 g/mol. The molecule has 0 amide bonds. The summed E-state index contributed by atoms with van der Waals surface area (Å²) in [5.74, 6) is 0. The SMILES string of the molecule is CC1=[C]([Zr]([CH3])(=[GeH2])([C]2=C(C)C=C(c3cccc4ccccc34)C2)[c]2ccccc2)CC(c2cccc3ccccc23)=C1.Cl. The zero-order valence-electron chi connectivity index (χ0n) is 24.7. The van der Waals surface area contributed by atoms with E-state index in [0.29, 0.717) is 0 Å². The van der Waals surface area contributed by atoms with Crippen molar-refractivity contribution in [1.82, 2.24) is 0 Å². The number of allylic oxidation sites excluding steroid dienone is 8. The molecule has 2 aliphatic rings. The summed E-state index contributed by atoms with van der Waals surface area (Å²) in [7, 11) is 0. The molecule has 0 fully saturated rings. The van der Waals surface area contributed by atoms with Gasteiger partial charge in [-0.05, 0) is 0 Å². The molecule has 0 atom stereocenters. The van der Waals surface area contributed by atoms with Gasteiger partial charge >= 0.3 is 251 Å². The summed E-state index contributed by atoms with van der Waals surface area (Å²) in [6.07, 6.45) is 7.18. The Bertz CT molecular complexity index is 1940. The predicted molar refractivity (Wildman–Crippen MR) is 186 cm³/mol. The Kier molecular flexibility index (Phi) is 7.76. The van der Waals surface area contributed by atoms with Crippen molar-refractivity contribution in [3.63, 3.8) is 0 Å². The van der Waals surface area contributed by atoms with Crippen molar-refractivity contribution in [3.8, 4) is 0 Å². The molecular weight excluding hydrogens is 668 g/mol. The summed E-state index contributed by atoms with van der Waals surface area (Å²) < 4.78 is 7.91. The van der Waals surface area contributed by atoms with Gasteiger partial charge in [0.15, 0.2) is 0 Å². The molecule has 0 heterocycles. The Hall–Kier alpha value is -2.70. The minimum absolute atomic E-state index is 0. The minimum atomic E-state index is -3.84. The maximum Gasteiger partial charge on any atom is -0.147 e. The van der Waals surface area contributed by atoms with Crippen LogP contribution < -0.4 is 3.27 Å². The van der Waals surface area contributed by atoms with Gasteiger partial charge in [0, 0.05) is 0 Å². The van der Waals surface area contributed by atoms with Crippen molar-refractivity contribution >= 4 is 60.5 Å². The van der Waals surface area contributed by atoms with Gasteiger partial charge in [-0.25, -0.2) is 0 Å². The Morgan fingerprint density at radius 2 is 0.929 bits per heavy atom. The average Bonchev–Trinajstić information content (AvgIpc) is 3.61. The van der Waals surface area contributed by atoms with E-state index in [1.54, 1.807) is 9.83 Å². The second kappa shape index (κ2) is 11.1. The standard InChI is InChI=1S/2C16H13.C6H5.CH3.ClH.GeH2.Zr/c2*1-12-9-10-14(11-12)16-8-4-6-13-5-2-3-7-15(13)16;1-2-4-6-5-3-1;;;;/h2*2-8,11H,10H2,1H3;1-5H;1H3;1H;1H2;. The number of rotatable bonds is 5. The van der Waals surface area contributed by atoms with Gasteiger partial charge in [-0.1, -0.05) is 0 Å². The number of hydrogen-bond acceptors (Lipinski definition) is 0. The Morgan fingerprint density at radius 1 is 0.524 bits per heavy atom. The van der Waals surface area contributed by atoms with Crippen LogP contribution in [0.3, 0.4) is 0 Å². The fourth-order valence-electron chi connectivity index (χ4n) is 7.78. The normalized spacial score (nSPS) is 15.7. The van der Waals surface area contributed by atoms with Gasteiger partial charge < -0.3 is 0 Å². The molecule has 2 aliphatic carbocycles. The first-order valence-corrected chi connectivity index (χ1v) is 31.4. The molecule has 7 rings (SSSR count). The summed E-state index contributed by atoms with van der Waals surface area (Å²) in [4.78, 5) is 0. The first-order valence-electron chi connectivity index (χ1n) is 14.7. The van der Waals surface area contributed by atoms with Crippen LogP contribution in [0, 0.1) is 0 Å². The van der Waals surface area contributed by atoms with Crippen molar-refractivity contribution < 1.29 is 15.7 Å². The van der Waals surface area contributed by atoms with E-state index in [1.165, 1.54) is 67.1 Å². The van der Waals surface area contributed by atoms with E-state index in [0.717, 1.165) is 12.8 Å². The Morgan fingerprint density at radius 3 is 1.40 bits per heavy atom. The zero-order chi connectivity index (χ0) is 28.2. The second-order valence-electron chi connectivity index (χ2n) is 12.4. The van der Waals surface area contributed by atoms with Crippen molar-refractivity contribution in [2.24, 2.45) is 0 Å². The number of fused-ring (bicyclic) bond motifs is 2. The van der Waals surface area contributed by atoms with Gasteiger partial charge in [0.25, 0.3) is 0 Å². The van der Waals surface area contributed by atoms with Crippen molar-refractivity contribution in [3.05, 3.63) is 156 Å². The van der Waals surface area contributed by atoms with E-state index in [2.05, 4.69) is 146 Å². The van der Waals surface area contributed by atoms with Gasteiger partial charge in [0.1, 0.15) is 0 Å². The van der Waals surface area contributed by atoms with E-state index in [9.17, 15) is 0 Å². The van der Waals surface area contributed by atoms with E-state index < -0.39 is 15.7 Å². The summed E-state index contributed by atoms with van der Waals surface area (Å²) in [6.45, 7) is 4.79. The molecule has 42 heavy (non-hydrogen) atoms. The molecular formula is C39H37ClGeZr. The molecule has 3 heteroatoms. The molecule has 0 unspecified atom stereocenters. The van der Waals surface area contributed by atoms with Crippen LogP contribution in [0.5, 0.6) is 0 Å². The van der Waals surface area contributed by atoms with Gasteiger partial charge in [-0.15, -0.1) is 12.4 Å². The fraction of sp³-hybridized carbons (Fsp3) is 0.128. The summed E-state index contributed by atoms with van der Waals surface area (Å²) >= 11 is -2.51. The van der Waals surface area contributed by atoms with Crippen molar-refractivity contribution in [2.45, 2.75) is 31.3 Å². The zero-order valence-corrected chi connectivity index (χ0v) is 30.9. The van der Waals surface area contributed by atoms with E-state index in [-0.39, 0.29) is 12.4 Å². The minimum Gasteiger partial charge on any atom is -0.147 e. The van der Waals surface area contributed by atoms with Crippen LogP contribution in [0.15, 0.2) is 145 Å². The third kappa shape index (κ3) is 4.60. The van der Waals surface area contributed by atoms with Gasteiger partial charge in [0.2, 0.25) is 0 Å². The maximum absolute atomic E-state index is 3.84. The smallest absolute Gasteiger partial charge is 0.147 e. The molecule has 0 spiro atoms. The largest absolute Gasteiger partial charge is 0.147 e. The van der Waals surface area contributed by atoms with Crippen LogP contribution in [-0.2, 0) is 15.7 Å². The molecule has 208 valence electrons. The third-order valence-electron chi connectivity index (χ3n) is 9.93.